The van der Waals surface area contributed by atoms with E-state index in [2.05, 4.69) is 17.1 Å². The summed E-state index contributed by atoms with van der Waals surface area (Å²) in [5.74, 6) is 0.319. The predicted molar refractivity (Wildman–Crippen MR) is 104 cm³/mol. The largest absolute Gasteiger partial charge is 0.733 e. The van der Waals surface area contributed by atoms with Gasteiger partial charge in [-0.3, -0.25) is 10.0 Å². The van der Waals surface area contributed by atoms with Crippen LogP contribution in [0.25, 0.3) is 0 Å². The Hall–Kier alpha value is -2.51. The lowest BCUT2D eigenvalue weighted by atomic mass is 9.96. The van der Waals surface area contributed by atoms with Crippen molar-refractivity contribution >= 4 is 36.3 Å². The van der Waals surface area contributed by atoms with Crippen LogP contribution in [0.5, 0.6) is 0 Å². The van der Waals surface area contributed by atoms with Gasteiger partial charge in [-0.05, 0) is 49.1 Å². The number of nitrogens with zero attached hydrogens (tertiary/aromatic N) is 2. The van der Waals surface area contributed by atoms with Crippen molar-refractivity contribution in [1.82, 2.24) is 0 Å². The third-order valence-corrected chi connectivity index (χ3v) is 4.74. The smallest absolute Gasteiger partial charge is 0.257 e. The Morgan fingerprint density at radius 3 is 2.50 bits per heavy atom. The van der Waals surface area contributed by atoms with Crippen LogP contribution in [-0.4, -0.2) is 32.1 Å². The van der Waals surface area contributed by atoms with Crippen molar-refractivity contribution in [2.75, 3.05) is 28.5 Å². The van der Waals surface area contributed by atoms with Gasteiger partial charge in [-0.15, -0.1) is 0 Å². The summed E-state index contributed by atoms with van der Waals surface area (Å²) in [4.78, 5) is 15.0. The first-order valence-electron chi connectivity index (χ1n) is 8.66. The van der Waals surface area contributed by atoms with E-state index >= 15 is 0 Å². The second kappa shape index (κ2) is 7.80. The number of amides is 1. The van der Waals surface area contributed by atoms with Crippen molar-refractivity contribution < 1.29 is 10.0 Å². The van der Waals surface area contributed by atoms with Crippen LogP contribution in [0.2, 0.25) is 0 Å². The molecule has 1 aliphatic rings. The van der Waals surface area contributed by atoms with Crippen molar-refractivity contribution in [3.63, 3.8) is 0 Å². The summed E-state index contributed by atoms with van der Waals surface area (Å²) in [7, 11) is 5.67. The standard InChI is InChI=1S/C19H21BN3O3/c1-13-8-10-22(11-9-13)18-7-6-16(23(25)26)12-17(18)19(24)21-15-4-2-14(20)3-5-15/h2-7,12-13,25H,8-11H2,1H3,(H,21,24)/q-1. The van der Waals surface area contributed by atoms with Crippen LogP contribution >= 0.6 is 0 Å². The van der Waals surface area contributed by atoms with Crippen molar-refractivity contribution in [2.24, 2.45) is 5.92 Å². The van der Waals surface area contributed by atoms with Crippen molar-refractivity contribution in [1.29, 1.82) is 0 Å². The van der Waals surface area contributed by atoms with E-state index in [1.807, 2.05) is 0 Å². The fourth-order valence-corrected chi connectivity index (χ4v) is 3.12. The normalized spacial score (nSPS) is 15.0. The van der Waals surface area contributed by atoms with Gasteiger partial charge in [0.1, 0.15) is 7.85 Å². The summed E-state index contributed by atoms with van der Waals surface area (Å²) < 4.78 is 0. The second-order valence-electron chi connectivity index (χ2n) is 6.72. The molecule has 134 valence electrons. The van der Waals surface area contributed by atoms with Gasteiger partial charge in [0.25, 0.3) is 5.91 Å². The minimum absolute atomic E-state index is 0.0154. The minimum atomic E-state index is -0.341. The molecule has 2 aromatic carbocycles. The summed E-state index contributed by atoms with van der Waals surface area (Å²) in [5.41, 5.74) is 2.34. The Kier molecular flexibility index (Phi) is 5.49. The molecule has 0 spiro atoms. The molecule has 1 aliphatic heterocycles. The zero-order valence-electron chi connectivity index (χ0n) is 14.7. The third-order valence-electron chi connectivity index (χ3n) is 4.74. The van der Waals surface area contributed by atoms with Gasteiger partial charge in [0.2, 0.25) is 0 Å². The molecule has 1 fully saturated rings. The van der Waals surface area contributed by atoms with Crippen LogP contribution in [-0.2, 0) is 0 Å². The van der Waals surface area contributed by atoms with E-state index in [1.54, 1.807) is 30.3 Å². The molecular formula is C19H21BN3O3-. The fourth-order valence-electron chi connectivity index (χ4n) is 3.12. The van der Waals surface area contributed by atoms with Crippen LogP contribution in [0, 0.1) is 11.1 Å². The van der Waals surface area contributed by atoms with E-state index < -0.39 is 0 Å². The molecule has 0 aliphatic carbocycles. The predicted octanol–water partition coefficient (Wildman–Crippen LogP) is 2.66. The number of carbonyl (C=O) groups is 1. The number of carbonyl (C=O) groups excluding carboxylic acids is 1. The maximum atomic E-state index is 12.8. The first-order valence-corrected chi connectivity index (χ1v) is 8.66. The number of benzene rings is 2. The van der Waals surface area contributed by atoms with Crippen LogP contribution in [0.3, 0.4) is 0 Å². The topological polar surface area (TPSA) is 78.9 Å². The molecule has 0 bridgehead atoms. The molecule has 0 unspecified atom stereocenters. The first-order chi connectivity index (χ1) is 12.4. The molecule has 3 rings (SSSR count). The van der Waals surface area contributed by atoms with Gasteiger partial charge in [0, 0.05) is 24.5 Å². The van der Waals surface area contributed by atoms with E-state index in [-0.39, 0.29) is 16.8 Å². The highest BCUT2D eigenvalue weighted by atomic mass is 16.8. The van der Waals surface area contributed by atoms with Crippen molar-refractivity contribution in [2.45, 2.75) is 19.8 Å². The highest BCUT2D eigenvalue weighted by Crippen LogP contribution is 2.30. The summed E-state index contributed by atoms with van der Waals surface area (Å²) >= 11 is 0. The quantitative estimate of drug-likeness (QED) is 0.655. The zero-order valence-corrected chi connectivity index (χ0v) is 14.7. The minimum Gasteiger partial charge on any atom is -0.733 e. The van der Waals surface area contributed by atoms with Crippen LogP contribution in [0.1, 0.15) is 30.1 Å². The van der Waals surface area contributed by atoms with Gasteiger partial charge < -0.3 is 20.7 Å². The lowest BCUT2D eigenvalue weighted by molar-refractivity contribution is 0.102. The van der Waals surface area contributed by atoms with E-state index in [4.69, 9.17) is 7.85 Å². The average molecular weight is 350 g/mol. The van der Waals surface area contributed by atoms with E-state index in [9.17, 15) is 15.2 Å². The average Bonchev–Trinajstić information content (AvgIpc) is 2.63. The maximum absolute atomic E-state index is 12.8. The Morgan fingerprint density at radius 2 is 1.88 bits per heavy atom. The monoisotopic (exact) mass is 350 g/mol. The fraction of sp³-hybridized carbons (Fsp3) is 0.316. The van der Waals surface area contributed by atoms with Gasteiger partial charge in [-0.25, -0.2) is 0 Å². The molecule has 0 saturated carbocycles. The molecule has 2 radical (unpaired) electrons. The van der Waals surface area contributed by atoms with Gasteiger partial charge in [0.05, 0.1) is 11.3 Å². The SMILES string of the molecule is [B]c1ccc(NC(=O)c2cc(N([O-])O)ccc2N2CCC(C)CC2)cc1. The molecule has 1 amide bonds. The summed E-state index contributed by atoms with van der Waals surface area (Å²) in [6, 6.07) is 11.5. The Bertz CT molecular complexity index is 772. The van der Waals surface area contributed by atoms with Crippen molar-refractivity contribution in [3.05, 3.63) is 53.2 Å². The molecule has 2 aromatic rings. The molecule has 0 aromatic heterocycles. The van der Waals surface area contributed by atoms with Gasteiger partial charge in [0.15, 0.2) is 0 Å². The van der Waals surface area contributed by atoms with Crippen molar-refractivity contribution in [3.8, 4) is 0 Å². The number of hydrogen-bond donors (Lipinski definition) is 2. The van der Waals surface area contributed by atoms with E-state index in [0.717, 1.165) is 31.6 Å². The molecule has 2 N–H and O–H groups in total. The summed E-state index contributed by atoms with van der Waals surface area (Å²) in [5, 5.41) is 23.0. The molecule has 1 saturated heterocycles. The first kappa shape index (κ1) is 18.3. The lowest BCUT2D eigenvalue weighted by Gasteiger charge is -2.34. The molecular weight excluding hydrogens is 329 g/mol. The molecule has 26 heavy (non-hydrogen) atoms. The molecule has 6 nitrogen and oxygen atoms in total. The number of hydrogen-bond acceptors (Lipinski definition) is 5. The maximum Gasteiger partial charge on any atom is 0.257 e. The van der Waals surface area contributed by atoms with Gasteiger partial charge in [-0.2, -0.15) is 0 Å². The third kappa shape index (κ3) is 4.18. The van der Waals surface area contributed by atoms with E-state index in [0.29, 0.717) is 22.6 Å². The molecule has 1 heterocycles. The van der Waals surface area contributed by atoms with Crippen LogP contribution in [0.15, 0.2) is 42.5 Å². The summed E-state index contributed by atoms with van der Waals surface area (Å²) in [6.07, 6.45) is 2.10. The Labute approximate surface area is 154 Å². The lowest BCUT2D eigenvalue weighted by Crippen LogP contribution is -2.34. The molecule has 0 atom stereocenters. The number of nitrogens with one attached hydrogen (secondary N) is 1. The van der Waals surface area contributed by atoms with E-state index in [1.165, 1.54) is 12.1 Å². The van der Waals surface area contributed by atoms with Crippen LogP contribution in [0.4, 0.5) is 17.1 Å². The number of anilines is 3. The number of piperidine rings is 1. The summed E-state index contributed by atoms with van der Waals surface area (Å²) in [6.45, 7) is 3.92. The van der Waals surface area contributed by atoms with Crippen LogP contribution < -0.4 is 20.9 Å². The van der Waals surface area contributed by atoms with Gasteiger partial charge >= 0.3 is 0 Å². The molecule has 7 heteroatoms. The Morgan fingerprint density at radius 1 is 1.23 bits per heavy atom. The van der Waals surface area contributed by atoms with Gasteiger partial charge in [-0.1, -0.05) is 24.5 Å². The highest BCUT2D eigenvalue weighted by Gasteiger charge is 2.21. The highest BCUT2D eigenvalue weighted by molar-refractivity contribution is 6.32. The zero-order chi connectivity index (χ0) is 18.7. The number of rotatable bonds is 4. The Balaban J connectivity index is 1.90. The second-order valence-corrected chi connectivity index (χ2v) is 6.72.